The standard InChI is InChI=1S/C45H77O9P/c1-3-5-7-9-11-13-14-15-16-17-18-19-20-21-22-24-26-30-35-39-45(48)54-43(41-53-55(49,50)51)40-52-44(47)38-34-31-27-29-33-37-42(46)36-32-28-25-23-12-10-8-6-4-2/h11-13,15-16,23,27-29,32-33,37,42-43,46H,3-10,14,17-22,24-26,30-31,34-36,38-41H2,1-2H3,(H2,49,50,51)/b13-11-,16-15-,23-12-,29-27+,32-28-,37-33-/t42?,43-/m1/s1. The van der Waals surface area contributed by atoms with Gasteiger partial charge in [0, 0.05) is 12.8 Å². The van der Waals surface area contributed by atoms with E-state index in [0.29, 0.717) is 25.7 Å². The molecule has 9 nitrogen and oxygen atoms in total. The lowest BCUT2D eigenvalue weighted by Gasteiger charge is -2.18. The number of ether oxygens (including phenoxy) is 2. The van der Waals surface area contributed by atoms with E-state index in [0.717, 1.165) is 44.9 Å². The Morgan fingerprint density at radius 1 is 0.564 bits per heavy atom. The number of aliphatic hydroxyl groups is 1. The van der Waals surface area contributed by atoms with E-state index in [1.54, 1.807) is 12.2 Å². The number of hydrogen-bond donors (Lipinski definition) is 3. The fourth-order valence-corrected chi connectivity index (χ4v) is 5.89. The van der Waals surface area contributed by atoms with Crippen molar-refractivity contribution in [1.82, 2.24) is 0 Å². The zero-order chi connectivity index (χ0) is 40.5. The number of rotatable bonds is 38. The lowest BCUT2D eigenvalue weighted by molar-refractivity contribution is -0.161. The van der Waals surface area contributed by atoms with E-state index in [-0.39, 0.29) is 19.4 Å². The minimum absolute atomic E-state index is 0.128. The molecule has 3 N–H and O–H groups in total. The van der Waals surface area contributed by atoms with E-state index >= 15 is 0 Å². The van der Waals surface area contributed by atoms with Gasteiger partial charge in [0.15, 0.2) is 6.10 Å². The average Bonchev–Trinajstić information content (AvgIpc) is 3.15. The topological polar surface area (TPSA) is 140 Å². The summed E-state index contributed by atoms with van der Waals surface area (Å²) in [5.74, 6) is -1.02. The molecule has 0 spiro atoms. The van der Waals surface area contributed by atoms with Crippen molar-refractivity contribution >= 4 is 19.8 Å². The largest absolute Gasteiger partial charge is 0.469 e. The third kappa shape index (κ3) is 42.4. The molecule has 0 fully saturated rings. The second kappa shape index (κ2) is 39.7. The number of phosphoric acid groups is 1. The van der Waals surface area contributed by atoms with Crippen molar-refractivity contribution in [3.05, 3.63) is 72.9 Å². The maximum Gasteiger partial charge on any atom is 0.469 e. The fraction of sp³-hybridized carbons (Fsp3) is 0.689. The van der Waals surface area contributed by atoms with Gasteiger partial charge < -0.3 is 24.4 Å². The van der Waals surface area contributed by atoms with Crippen LogP contribution in [0.4, 0.5) is 0 Å². The van der Waals surface area contributed by atoms with Crippen molar-refractivity contribution in [3.63, 3.8) is 0 Å². The summed E-state index contributed by atoms with van der Waals surface area (Å²) >= 11 is 0. The van der Waals surface area contributed by atoms with Gasteiger partial charge in [-0.3, -0.25) is 14.1 Å². The molecule has 0 aromatic rings. The molecule has 0 radical (unpaired) electrons. The van der Waals surface area contributed by atoms with Crippen LogP contribution in [0.15, 0.2) is 72.9 Å². The maximum absolute atomic E-state index is 12.4. The highest BCUT2D eigenvalue weighted by molar-refractivity contribution is 7.46. The van der Waals surface area contributed by atoms with E-state index in [1.165, 1.54) is 77.0 Å². The molecule has 0 rings (SSSR count). The normalized spacial score (nSPS) is 13.8. The second-order valence-corrected chi connectivity index (χ2v) is 15.4. The molecule has 0 bridgehead atoms. The Balaban J connectivity index is 4.09. The summed E-state index contributed by atoms with van der Waals surface area (Å²) in [4.78, 5) is 42.9. The third-order valence-corrected chi connectivity index (χ3v) is 9.26. The van der Waals surface area contributed by atoms with Gasteiger partial charge in [-0.15, -0.1) is 0 Å². The molecule has 0 saturated carbocycles. The third-order valence-electron chi connectivity index (χ3n) is 8.78. The molecular formula is C45H77O9P. The van der Waals surface area contributed by atoms with E-state index in [2.05, 4.69) is 60.9 Å². The predicted octanol–water partition coefficient (Wildman–Crippen LogP) is 12.0. The molecule has 0 aromatic carbocycles. The SMILES string of the molecule is CCCCC/C=C\C/C=C\CCCCCCCCCCCC(=O)O[C@H](COC(=O)CCC/C=C/C=C\C(O)C/C=C\C/C=C\CCCCC)COP(=O)(O)O. The molecule has 1 unspecified atom stereocenters. The van der Waals surface area contributed by atoms with Gasteiger partial charge in [0.2, 0.25) is 0 Å². The molecule has 0 aliphatic rings. The highest BCUT2D eigenvalue weighted by Gasteiger charge is 2.22. The number of unbranched alkanes of at least 4 members (excludes halogenated alkanes) is 16. The molecule has 0 aliphatic heterocycles. The van der Waals surface area contributed by atoms with E-state index < -0.39 is 38.6 Å². The molecule has 316 valence electrons. The van der Waals surface area contributed by atoms with E-state index in [1.807, 2.05) is 18.2 Å². The first kappa shape index (κ1) is 52.5. The van der Waals surface area contributed by atoms with Crippen LogP contribution in [0.2, 0.25) is 0 Å². The number of esters is 2. The molecule has 0 heterocycles. The van der Waals surface area contributed by atoms with E-state index in [4.69, 9.17) is 19.3 Å². The zero-order valence-corrected chi connectivity index (χ0v) is 35.3. The van der Waals surface area contributed by atoms with Gasteiger partial charge in [-0.1, -0.05) is 157 Å². The number of carbonyl (C=O) groups is 2. The number of allylic oxidation sites excluding steroid dienone is 10. The van der Waals surface area contributed by atoms with Gasteiger partial charge in [0.25, 0.3) is 0 Å². The lowest BCUT2D eigenvalue weighted by atomic mass is 10.1. The fourth-order valence-electron chi connectivity index (χ4n) is 5.53. The van der Waals surface area contributed by atoms with Crippen molar-refractivity contribution in [3.8, 4) is 0 Å². The van der Waals surface area contributed by atoms with Crippen LogP contribution < -0.4 is 0 Å². The molecule has 0 aliphatic carbocycles. The van der Waals surface area contributed by atoms with Crippen LogP contribution in [0.1, 0.15) is 174 Å². The Morgan fingerprint density at radius 2 is 1.05 bits per heavy atom. The Kier molecular flexibility index (Phi) is 37.8. The number of carbonyl (C=O) groups excluding carboxylic acids is 2. The minimum Gasteiger partial charge on any atom is -0.462 e. The van der Waals surface area contributed by atoms with Gasteiger partial charge in [-0.2, -0.15) is 0 Å². The smallest absolute Gasteiger partial charge is 0.462 e. The summed E-state index contributed by atoms with van der Waals surface area (Å²) in [6.07, 6.45) is 47.9. The average molecular weight is 793 g/mol. The Morgan fingerprint density at radius 3 is 1.62 bits per heavy atom. The van der Waals surface area contributed by atoms with E-state index in [9.17, 15) is 19.3 Å². The Labute approximate surface area is 334 Å². The summed E-state index contributed by atoms with van der Waals surface area (Å²) in [6.45, 7) is 3.50. The number of hydrogen-bond acceptors (Lipinski definition) is 7. The predicted molar refractivity (Wildman–Crippen MR) is 226 cm³/mol. The summed E-state index contributed by atoms with van der Waals surface area (Å²) in [5.41, 5.74) is 0. The maximum atomic E-state index is 12.4. The van der Waals surface area contributed by atoms with Crippen LogP contribution >= 0.6 is 7.82 Å². The minimum atomic E-state index is -4.79. The molecule has 0 saturated heterocycles. The van der Waals surface area contributed by atoms with Gasteiger partial charge in [0.05, 0.1) is 12.7 Å². The summed E-state index contributed by atoms with van der Waals surface area (Å²) in [7, 11) is -4.79. The highest BCUT2D eigenvalue weighted by Crippen LogP contribution is 2.36. The van der Waals surface area contributed by atoms with Crippen molar-refractivity contribution in [2.45, 2.75) is 187 Å². The van der Waals surface area contributed by atoms with Crippen LogP contribution in [0.5, 0.6) is 0 Å². The monoisotopic (exact) mass is 793 g/mol. The van der Waals surface area contributed by atoms with Crippen molar-refractivity contribution in [1.29, 1.82) is 0 Å². The number of aliphatic hydroxyl groups excluding tert-OH is 1. The van der Waals surface area contributed by atoms with Crippen LogP contribution in [0.3, 0.4) is 0 Å². The molecule has 2 atom stereocenters. The molecular weight excluding hydrogens is 715 g/mol. The molecule has 10 heteroatoms. The van der Waals surface area contributed by atoms with Crippen LogP contribution in [-0.4, -0.2) is 52.3 Å². The van der Waals surface area contributed by atoms with Gasteiger partial charge in [0.1, 0.15) is 6.61 Å². The summed E-state index contributed by atoms with van der Waals surface area (Å²) < 4.78 is 26.3. The van der Waals surface area contributed by atoms with Crippen molar-refractivity contribution < 1.29 is 43.0 Å². The first-order valence-corrected chi connectivity index (χ1v) is 22.9. The Hall–Kier alpha value is -2.55. The van der Waals surface area contributed by atoms with Crippen molar-refractivity contribution in [2.24, 2.45) is 0 Å². The second-order valence-electron chi connectivity index (χ2n) is 14.2. The molecule has 55 heavy (non-hydrogen) atoms. The van der Waals surface area contributed by atoms with Crippen LogP contribution in [-0.2, 0) is 28.2 Å². The van der Waals surface area contributed by atoms with Crippen molar-refractivity contribution in [2.75, 3.05) is 13.2 Å². The molecule has 0 amide bonds. The molecule has 0 aromatic heterocycles. The highest BCUT2D eigenvalue weighted by atomic mass is 31.2. The zero-order valence-electron chi connectivity index (χ0n) is 34.4. The summed E-state index contributed by atoms with van der Waals surface area (Å²) in [6, 6.07) is 0. The first-order chi connectivity index (χ1) is 26.7. The van der Waals surface area contributed by atoms with Gasteiger partial charge in [-0.05, 0) is 77.0 Å². The first-order valence-electron chi connectivity index (χ1n) is 21.3. The number of phosphoric ester groups is 1. The lowest BCUT2D eigenvalue weighted by Crippen LogP contribution is -2.29. The van der Waals surface area contributed by atoms with Crippen LogP contribution in [0, 0.1) is 0 Å². The van der Waals surface area contributed by atoms with Gasteiger partial charge >= 0.3 is 19.8 Å². The van der Waals surface area contributed by atoms with Gasteiger partial charge in [-0.25, -0.2) is 4.57 Å². The van der Waals surface area contributed by atoms with Crippen LogP contribution in [0.25, 0.3) is 0 Å². The summed E-state index contributed by atoms with van der Waals surface area (Å²) in [5, 5.41) is 10.1. The Bertz CT molecular complexity index is 1140. The quantitative estimate of drug-likeness (QED) is 0.0183.